The average molecular weight is 256 g/mol. The molecule has 17 heavy (non-hydrogen) atoms. The fourth-order valence-electron chi connectivity index (χ4n) is 1.43. The Balaban J connectivity index is 2.35. The summed E-state index contributed by atoms with van der Waals surface area (Å²) in [5, 5.41) is 10.8. The summed E-state index contributed by atoms with van der Waals surface area (Å²) in [5.74, 6) is -0.203. The van der Waals surface area contributed by atoms with Gasteiger partial charge in [0.1, 0.15) is 0 Å². The molecule has 2 aromatic rings. The zero-order valence-electron chi connectivity index (χ0n) is 8.99. The minimum atomic E-state index is -0.875. The lowest BCUT2D eigenvalue weighted by Crippen LogP contribution is -2.10. The lowest BCUT2D eigenvalue weighted by Gasteiger charge is -2.01. The van der Waals surface area contributed by atoms with Crippen molar-refractivity contribution in [3.8, 4) is 11.6 Å². The van der Waals surface area contributed by atoms with Gasteiger partial charge in [0, 0.05) is 10.4 Å². The van der Waals surface area contributed by atoms with Gasteiger partial charge in [-0.1, -0.05) is 11.6 Å². The van der Waals surface area contributed by atoms with Gasteiger partial charge >= 0.3 is 6.16 Å². The van der Waals surface area contributed by atoms with E-state index in [1.54, 1.807) is 25.1 Å². The molecule has 0 aliphatic carbocycles. The molecule has 2 N–H and O–H groups in total. The Hall–Kier alpha value is -1.88. The minimum Gasteiger partial charge on any atom is -0.503 e. The molecule has 0 saturated heterocycles. The fourth-order valence-corrected chi connectivity index (χ4v) is 1.61. The molecular formula is C11H10ClNO4. The van der Waals surface area contributed by atoms with Crippen molar-refractivity contribution in [2.45, 2.75) is 6.92 Å². The topological polar surface area (TPSA) is 71.5 Å². The molecule has 1 aromatic carbocycles. The summed E-state index contributed by atoms with van der Waals surface area (Å²) < 4.78 is 9.40. The smallest absolute Gasteiger partial charge is 0.503 e. The van der Waals surface area contributed by atoms with Gasteiger partial charge in [0.05, 0.1) is 12.1 Å². The maximum Gasteiger partial charge on any atom is 0.515 e. The van der Waals surface area contributed by atoms with Crippen molar-refractivity contribution >= 4 is 28.7 Å². The number of halogens is 1. The standard InChI is InChI=1S/C11H10ClNO4/c1-2-16-11(15)17-10-9(14)7-4-3-6(12)5-8(7)13-10/h3-5,13-14H,2H2,1H3. The molecule has 1 heterocycles. The molecule has 0 radical (unpaired) electrons. The van der Waals surface area contributed by atoms with Crippen molar-refractivity contribution in [1.82, 2.24) is 4.98 Å². The molecule has 0 fully saturated rings. The Morgan fingerprint density at radius 3 is 3.00 bits per heavy atom. The van der Waals surface area contributed by atoms with Gasteiger partial charge in [-0.25, -0.2) is 4.79 Å². The van der Waals surface area contributed by atoms with E-state index in [1.165, 1.54) is 0 Å². The quantitative estimate of drug-likeness (QED) is 0.809. The number of rotatable bonds is 2. The molecule has 90 valence electrons. The van der Waals surface area contributed by atoms with E-state index in [2.05, 4.69) is 9.72 Å². The van der Waals surface area contributed by atoms with E-state index in [4.69, 9.17) is 16.3 Å². The maximum absolute atomic E-state index is 11.1. The molecule has 0 atom stereocenters. The van der Waals surface area contributed by atoms with E-state index in [1.807, 2.05) is 0 Å². The second kappa shape index (κ2) is 4.55. The third-order valence-electron chi connectivity index (χ3n) is 2.15. The summed E-state index contributed by atoms with van der Waals surface area (Å²) >= 11 is 5.80. The number of carbonyl (C=O) groups is 1. The van der Waals surface area contributed by atoms with Crippen molar-refractivity contribution in [3.63, 3.8) is 0 Å². The van der Waals surface area contributed by atoms with E-state index in [0.717, 1.165) is 0 Å². The highest BCUT2D eigenvalue weighted by atomic mass is 35.5. The molecule has 0 spiro atoms. The lowest BCUT2D eigenvalue weighted by atomic mass is 10.2. The molecule has 6 heteroatoms. The lowest BCUT2D eigenvalue weighted by molar-refractivity contribution is 0.102. The molecule has 0 aliphatic heterocycles. The van der Waals surface area contributed by atoms with E-state index in [9.17, 15) is 9.90 Å². The van der Waals surface area contributed by atoms with Crippen LogP contribution in [0.2, 0.25) is 5.02 Å². The van der Waals surface area contributed by atoms with Crippen molar-refractivity contribution in [1.29, 1.82) is 0 Å². The van der Waals surface area contributed by atoms with Crippen LogP contribution >= 0.6 is 11.6 Å². The van der Waals surface area contributed by atoms with Crippen LogP contribution in [-0.2, 0) is 4.74 Å². The van der Waals surface area contributed by atoms with Crippen LogP contribution in [0.4, 0.5) is 4.79 Å². The zero-order valence-corrected chi connectivity index (χ0v) is 9.75. The molecule has 1 aromatic heterocycles. The highest BCUT2D eigenvalue weighted by Gasteiger charge is 2.15. The number of carbonyl (C=O) groups excluding carboxylic acids is 1. The number of H-pyrrole nitrogens is 1. The molecule has 0 unspecified atom stereocenters. The fraction of sp³-hybridized carbons (Fsp3) is 0.182. The number of aromatic nitrogens is 1. The van der Waals surface area contributed by atoms with E-state index in [-0.39, 0.29) is 18.2 Å². The summed E-state index contributed by atoms with van der Waals surface area (Å²) in [6.07, 6.45) is -0.875. The second-order valence-electron chi connectivity index (χ2n) is 3.28. The first kappa shape index (κ1) is 11.6. The number of nitrogens with one attached hydrogen (secondary N) is 1. The Bertz CT molecular complexity index is 564. The number of ether oxygens (including phenoxy) is 2. The van der Waals surface area contributed by atoms with Crippen LogP contribution in [-0.4, -0.2) is 22.9 Å². The van der Waals surface area contributed by atoms with Crippen LogP contribution in [0.3, 0.4) is 0 Å². The van der Waals surface area contributed by atoms with E-state index >= 15 is 0 Å². The zero-order chi connectivity index (χ0) is 12.4. The Morgan fingerprint density at radius 2 is 2.29 bits per heavy atom. The Morgan fingerprint density at radius 1 is 1.53 bits per heavy atom. The van der Waals surface area contributed by atoms with Crippen molar-refractivity contribution in [2.24, 2.45) is 0 Å². The monoisotopic (exact) mass is 255 g/mol. The highest BCUT2D eigenvalue weighted by molar-refractivity contribution is 6.31. The minimum absolute atomic E-state index is 0.0549. The van der Waals surface area contributed by atoms with Crippen LogP contribution in [0.1, 0.15) is 6.92 Å². The first-order valence-corrected chi connectivity index (χ1v) is 5.34. The van der Waals surface area contributed by atoms with Gasteiger partial charge in [-0.2, -0.15) is 0 Å². The van der Waals surface area contributed by atoms with Gasteiger partial charge in [-0.3, -0.25) is 0 Å². The summed E-state index contributed by atoms with van der Waals surface area (Å²) in [4.78, 5) is 13.8. The Labute approximate surface area is 102 Å². The third kappa shape index (κ3) is 2.29. The van der Waals surface area contributed by atoms with E-state index < -0.39 is 6.16 Å². The molecule has 0 amide bonds. The van der Waals surface area contributed by atoms with Crippen molar-refractivity contribution < 1.29 is 19.4 Å². The number of fused-ring (bicyclic) bond motifs is 1. The van der Waals surface area contributed by atoms with Crippen LogP contribution in [0, 0.1) is 0 Å². The molecule has 0 bridgehead atoms. The van der Waals surface area contributed by atoms with E-state index in [0.29, 0.717) is 15.9 Å². The van der Waals surface area contributed by atoms with Gasteiger partial charge in [-0.15, -0.1) is 0 Å². The number of aromatic amines is 1. The highest BCUT2D eigenvalue weighted by Crippen LogP contribution is 2.35. The molecule has 2 rings (SSSR count). The van der Waals surface area contributed by atoms with Crippen molar-refractivity contribution in [2.75, 3.05) is 6.61 Å². The van der Waals surface area contributed by atoms with Gasteiger partial charge < -0.3 is 19.6 Å². The number of hydrogen-bond donors (Lipinski definition) is 2. The van der Waals surface area contributed by atoms with Crippen LogP contribution in [0.5, 0.6) is 11.6 Å². The van der Waals surface area contributed by atoms with Crippen LogP contribution in [0.15, 0.2) is 18.2 Å². The maximum atomic E-state index is 11.1. The summed E-state index contributed by atoms with van der Waals surface area (Å²) in [7, 11) is 0. The van der Waals surface area contributed by atoms with Crippen LogP contribution < -0.4 is 4.74 Å². The van der Waals surface area contributed by atoms with Gasteiger partial charge in [0.25, 0.3) is 0 Å². The number of aromatic hydroxyl groups is 1. The molecular weight excluding hydrogens is 246 g/mol. The summed E-state index contributed by atoms with van der Waals surface area (Å²) in [5.41, 5.74) is 0.578. The van der Waals surface area contributed by atoms with Crippen molar-refractivity contribution in [3.05, 3.63) is 23.2 Å². The summed E-state index contributed by atoms with van der Waals surface area (Å²) in [6.45, 7) is 1.86. The predicted octanol–water partition coefficient (Wildman–Crippen LogP) is 3.06. The van der Waals surface area contributed by atoms with Gasteiger partial charge in [-0.05, 0) is 25.1 Å². The first-order valence-electron chi connectivity index (χ1n) is 4.96. The van der Waals surface area contributed by atoms with Gasteiger partial charge in [0.2, 0.25) is 5.88 Å². The number of hydrogen-bond acceptors (Lipinski definition) is 4. The largest absolute Gasteiger partial charge is 0.515 e. The molecule has 5 nitrogen and oxygen atoms in total. The Kier molecular flexibility index (Phi) is 3.10. The normalized spacial score (nSPS) is 10.5. The molecule has 0 aliphatic rings. The SMILES string of the molecule is CCOC(=O)Oc1[nH]c2cc(Cl)ccc2c1O. The average Bonchev–Trinajstić information content (AvgIpc) is 2.55. The molecule has 0 saturated carbocycles. The number of benzene rings is 1. The second-order valence-corrected chi connectivity index (χ2v) is 3.71. The van der Waals surface area contributed by atoms with Crippen LogP contribution in [0.25, 0.3) is 10.9 Å². The summed E-state index contributed by atoms with van der Waals surface area (Å²) in [6, 6.07) is 4.88. The third-order valence-corrected chi connectivity index (χ3v) is 2.38. The predicted molar refractivity (Wildman–Crippen MR) is 62.6 cm³/mol. The first-order chi connectivity index (χ1) is 8.11. The van der Waals surface area contributed by atoms with Gasteiger partial charge in [0.15, 0.2) is 5.75 Å².